The molecule has 0 aliphatic rings. The molecule has 13 nitrogen and oxygen atoms in total. The molecule has 0 radical (unpaired) electrons. The van der Waals surface area contributed by atoms with E-state index in [4.69, 9.17) is 20.9 Å². The minimum atomic E-state index is -4.08. The van der Waals surface area contributed by atoms with E-state index in [1.54, 1.807) is 57.2 Å². The SMILES string of the molecule is CC(C(=O)NCc1ccc(Nc2noc(C(C)(C)C)n2)cc1)N(C)C(=O)C(COC(=O)C(C)(C)C)NS(=O)(=O)Cc1ccc(Cl)cc1. The number of aromatic nitrogens is 2. The van der Waals surface area contributed by atoms with Crippen LogP contribution in [0.15, 0.2) is 53.1 Å². The summed E-state index contributed by atoms with van der Waals surface area (Å²) >= 11 is 5.90. The van der Waals surface area contributed by atoms with Crippen molar-refractivity contribution in [3.05, 3.63) is 70.6 Å². The molecule has 256 valence electrons. The first-order valence-corrected chi connectivity index (χ1v) is 16.9. The summed E-state index contributed by atoms with van der Waals surface area (Å²) in [6.45, 7) is 11.9. The molecule has 2 unspecified atom stereocenters. The molecule has 3 N–H and O–H groups in total. The van der Waals surface area contributed by atoms with Gasteiger partial charge in [0.25, 0.3) is 5.95 Å². The number of anilines is 2. The number of benzene rings is 2. The van der Waals surface area contributed by atoms with Crippen LogP contribution in [0.1, 0.15) is 65.5 Å². The highest BCUT2D eigenvalue weighted by Gasteiger charge is 2.34. The quantitative estimate of drug-likeness (QED) is 0.220. The predicted molar refractivity (Wildman–Crippen MR) is 178 cm³/mol. The summed E-state index contributed by atoms with van der Waals surface area (Å²) < 4.78 is 39.0. The van der Waals surface area contributed by atoms with Gasteiger partial charge in [-0.3, -0.25) is 14.4 Å². The van der Waals surface area contributed by atoms with Gasteiger partial charge in [-0.1, -0.05) is 56.6 Å². The van der Waals surface area contributed by atoms with Gasteiger partial charge < -0.3 is 24.8 Å². The Hall–Kier alpha value is -4.01. The molecule has 0 aliphatic heterocycles. The number of halogens is 1. The number of hydrogen-bond donors (Lipinski definition) is 3. The highest BCUT2D eigenvalue weighted by Crippen LogP contribution is 2.23. The number of hydrogen-bond acceptors (Lipinski definition) is 10. The maximum Gasteiger partial charge on any atom is 0.311 e. The normalized spacial score (nSPS) is 13.4. The van der Waals surface area contributed by atoms with Crippen LogP contribution in [0, 0.1) is 5.41 Å². The summed E-state index contributed by atoms with van der Waals surface area (Å²) in [5.41, 5.74) is 0.782. The maximum absolute atomic E-state index is 13.5. The highest BCUT2D eigenvalue weighted by atomic mass is 35.5. The number of sulfonamides is 1. The molecular weight excluding hydrogens is 648 g/mol. The van der Waals surface area contributed by atoms with E-state index in [0.29, 0.717) is 22.4 Å². The van der Waals surface area contributed by atoms with Crippen LogP contribution in [-0.4, -0.2) is 67.0 Å². The first kappa shape index (κ1) is 37.4. The van der Waals surface area contributed by atoms with Crippen LogP contribution in [0.3, 0.4) is 0 Å². The molecule has 3 aromatic rings. The molecule has 0 saturated carbocycles. The van der Waals surface area contributed by atoms with E-state index in [0.717, 1.165) is 16.2 Å². The molecule has 2 atom stereocenters. The molecule has 2 amide bonds. The van der Waals surface area contributed by atoms with Crippen LogP contribution in [0.2, 0.25) is 5.02 Å². The van der Waals surface area contributed by atoms with E-state index in [9.17, 15) is 22.8 Å². The Labute approximate surface area is 280 Å². The number of carbonyl (C=O) groups excluding carboxylic acids is 3. The number of nitrogens with zero attached hydrogens (tertiary/aromatic N) is 3. The van der Waals surface area contributed by atoms with Gasteiger partial charge in [0.2, 0.25) is 27.7 Å². The van der Waals surface area contributed by atoms with Crippen LogP contribution >= 0.6 is 11.6 Å². The van der Waals surface area contributed by atoms with Gasteiger partial charge in [0, 0.05) is 29.7 Å². The lowest BCUT2D eigenvalue weighted by Crippen LogP contribution is -2.55. The molecule has 0 aliphatic carbocycles. The second-order valence-corrected chi connectivity index (χ2v) is 15.4. The molecule has 15 heteroatoms. The van der Waals surface area contributed by atoms with Crippen molar-refractivity contribution in [3.63, 3.8) is 0 Å². The Kier molecular flexibility index (Phi) is 12.2. The van der Waals surface area contributed by atoms with Crippen LogP contribution in [0.5, 0.6) is 0 Å². The van der Waals surface area contributed by atoms with Crippen molar-refractivity contribution in [3.8, 4) is 0 Å². The number of rotatable bonds is 13. The number of nitrogens with one attached hydrogen (secondary N) is 3. The van der Waals surface area contributed by atoms with Crippen LogP contribution in [0.25, 0.3) is 0 Å². The lowest BCUT2D eigenvalue weighted by molar-refractivity contribution is -0.155. The molecule has 1 aromatic heterocycles. The van der Waals surface area contributed by atoms with Gasteiger partial charge in [0.05, 0.1) is 11.2 Å². The van der Waals surface area contributed by atoms with Gasteiger partial charge in [-0.05, 0) is 68.2 Å². The fourth-order valence-electron chi connectivity index (χ4n) is 3.95. The van der Waals surface area contributed by atoms with Gasteiger partial charge in [0.1, 0.15) is 18.7 Å². The van der Waals surface area contributed by atoms with E-state index in [-0.39, 0.29) is 12.0 Å². The lowest BCUT2D eigenvalue weighted by Gasteiger charge is -2.29. The Balaban J connectivity index is 1.63. The molecular formula is C32H43ClN6O7S. The summed E-state index contributed by atoms with van der Waals surface area (Å²) in [7, 11) is -2.70. The van der Waals surface area contributed by atoms with Gasteiger partial charge >= 0.3 is 5.97 Å². The Morgan fingerprint density at radius 3 is 2.13 bits per heavy atom. The summed E-state index contributed by atoms with van der Waals surface area (Å²) in [5, 5.41) is 10.2. The van der Waals surface area contributed by atoms with Gasteiger partial charge in [-0.25, -0.2) is 8.42 Å². The molecule has 0 bridgehead atoms. The maximum atomic E-state index is 13.5. The molecule has 3 rings (SSSR count). The Bertz CT molecular complexity index is 1650. The lowest BCUT2D eigenvalue weighted by atomic mass is 9.97. The molecule has 1 heterocycles. The molecule has 2 aromatic carbocycles. The largest absolute Gasteiger partial charge is 0.463 e. The number of amides is 2. The van der Waals surface area contributed by atoms with Crippen molar-refractivity contribution in [2.24, 2.45) is 5.41 Å². The summed E-state index contributed by atoms with van der Waals surface area (Å²) in [6.07, 6.45) is 0. The third kappa shape index (κ3) is 11.3. The Morgan fingerprint density at radius 2 is 1.57 bits per heavy atom. The fourth-order valence-corrected chi connectivity index (χ4v) is 5.40. The van der Waals surface area contributed by atoms with Gasteiger partial charge in [0.15, 0.2) is 0 Å². The second kappa shape index (κ2) is 15.3. The van der Waals surface area contributed by atoms with E-state index in [1.165, 1.54) is 14.0 Å². The average Bonchev–Trinajstić information content (AvgIpc) is 3.47. The van der Waals surface area contributed by atoms with E-state index in [1.807, 2.05) is 32.9 Å². The number of carbonyl (C=O) groups is 3. The topological polar surface area (TPSA) is 173 Å². The van der Waals surface area contributed by atoms with Crippen molar-refractivity contribution in [2.75, 3.05) is 19.0 Å². The van der Waals surface area contributed by atoms with E-state index in [2.05, 4.69) is 25.5 Å². The van der Waals surface area contributed by atoms with Crippen LogP contribution in [-0.2, 0) is 46.9 Å². The van der Waals surface area contributed by atoms with Gasteiger partial charge in [-0.2, -0.15) is 9.71 Å². The summed E-state index contributed by atoms with van der Waals surface area (Å²) in [5.74, 6) is -1.45. The van der Waals surface area contributed by atoms with Crippen molar-refractivity contribution < 1.29 is 32.1 Å². The van der Waals surface area contributed by atoms with Crippen LogP contribution in [0.4, 0.5) is 11.6 Å². The van der Waals surface area contributed by atoms with E-state index >= 15 is 0 Å². The number of ether oxygens (including phenoxy) is 1. The molecule has 0 saturated heterocycles. The third-order valence-corrected chi connectivity index (χ3v) is 8.54. The predicted octanol–water partition coefficient (Wildman–Crippen LogP) is 4.30. The van der Waals surface area contributed by atoms with E-state index < -0.39 is 57.7 Å². The number of esters is 1. The zero-order valence-corrected chi connectivity index (χ0v) is 29.5. The van der Waals surface area contributed by atoms with Crippen molar-refractivity contribution in [1.29, 1.82) is 0 Å². The van der Waals surface area contributed by atoms with Crippen molar-refractivity contribution >= 4 is 51.0 Å². The second-order valence-electron chi connectivity index (χ2n) is 13.2. The summed E-state index contributed by atoms with van der Waals surface area (Å²) in [4.78, 5) is 44.5. The first-order valence-electron chi connectivity index (χ1n) is 14.9. The van der Waals surface area contributed by atoms with Crippen molar-refractivity contribution in [1.82, 2.24) is 25.1 Å². The highest BCUT2D eigenvalue weighted by molar-refractivity contribution is 7.88. The minimum Gasteiger partial charge on any atom is -0.463 e. The number of likely N-dealkylation sites (N-methyl/N-ethyl adjacent to an activating group) is 1. The van der Waals surface area contributed by atoms with Crippen LogP contribution < -0.4 is 15.4 Å². The standard InChI is InChI=1S/C32H43ClN6O7S/c1-20(26(40)34-17-21-11-15-24(16-12-21)35-30-36-28(46-37-30)31(2,3)4)39(8)27(41)25(18-45-29(42)32(5,6)7)38-47(43,44)19-22-9-13-23(33)14-10-22/h9-16,20,25,38H,17-19H2,1-8H3,(H,34,40)(H,35,37). The molecule has 0 fully saturated rings. The third-order valence-electron chi connectivity index (χ3n) is 6.94. The van der Waals surface area contributed by atoms with Crippen molar-refractivity contribution in [2.45, 2.75) is 78.3 Å². The minimum absolute atomic E-state index is 0.169. The summed E-state index contributed by atoms with van der Waals surface area (Å²) in [6, 6.07) is 11.0. The fraction of sp³-hybridized carbons (Fsp3) is 0.469. The smallest absolute Gasteiger partial charge is 0.311 e. The zero-order chi connectivity index (χ0) is 35.2. The zero-order valence-electron chi connectivity index (χ0n) is 27.9. The average molecular weight is 691 g/mol. The molecule has 0 spiro atoms. The Morgan fingerprint density at radius 1 is 0.979 bits per heavy atom. The monoisotopic (exact) mass is 690 g/mol. The van der Waals surface area contributed by atoms with Gasteiger partial charge in [-0.15, -0.1) is 0 Å². The molecule has 47 heavy (non-hydrogen) atoms. The first-order chi connectivity index (χ1) is 21.7.